The summed E-state index contributed by atoms with van der Waals surface area (Å²) < 4.78 is 11.7. The Balaban J connectivity index is 0.00000196. The first-order chi connectivity index (χ1) is 12.7. The van der Waals surface area contributed by atoms with Crippen LogP contribution in [0.25, 0.3) is 0 Å². The zero-order valence-corrected chi connectivity index (χ0v) is 18.5. The average Bonchev–Trinajstić information content (AvgIpc) is 2.68. The topological polar surface area (TPSA) is 43.4 Å². The average molecular weight is 448 g/mol. The van der Waals surface area contributed by atoms with E-state index >= 15 is 0 Å². The second kappa shape index (κ2) is 13.1. The third kappa shape index (κ3) is 7.67. The Morgan fingerprint density at radius 3 is 2.43 bits per heavy atom. The van der Waals surface area contributed by atoms with E-state index < -0.39 is 0 Å². The second-order valence-corrected chi connectivity index (χ2v) is 7.10. The van der Waals surface area contributed by atoms with Crippen molar-refractivity contribution in [1.29, 1.82) is 0 Å². The molecule has 1 saturated carbocycles. The van der Waals surface area contributed by atoms with E-state index in [1.54, 1.807) is 12.3 Å². The highest BCUT2D eigenvalue weighted by molar-refractivity contribution is 6.29. The largest absolute Gasteiger partial charge is 0.490 e. The minimum atomic E-state index is 0. The Kier molecular flexibility index (Phi) is 11.6. The van der Waals surface area contributed by atoms with Gasteiger partial charge in [0.25, 0.3) is 0 Å². The number of pyridine rings is 1. The van der Waals surface area contributed by atoms with Crippen LogP contribution in [0.3, 0.4) is 0 Å². The van der Waals surface area contributed by atoms with E-state index in [4.69, 9.17) is 21.1 Å². The molecule has 0 saturated heterocycles. The number of aromatic nitrogens is 1. The van der Waals surface area contributed by atoms with Gasteiger partial charge in [-0.1, -0.05) is 43.0 Å². The highest BCUT2D eigenvalue weighted by Crippen LogP contribution is 2.29. The lowest BCUT2D eigenvalue weighted by Crippen LogP contribution is -2.30. The number of nitrogens with zero attached hydrogens (tertiary/aromatic N) is 1. The maximum absolute atomic E-state index is 5.94. The maximum Gasteiger partial charge on any atom is 0.161 e. The molecule has 0 atom stereocenters. The molecule has 156 valence electrons. The summed E-state index contributed by atoms with van der Waals surface area (Å²) in [7, 11) is 0. The van der Waals surface area contributed by atoms with Crippen molar-refractivity contribution in [2.45, 2.75) is 58.2 Å². The van der Waals surface area contributed by atoms with Crippen LogP contribution in [-0.4, -0.2) is 17.6 Å². The minimum Gasteiger partial charge on any atom is -0.490 e. The molecule has 2 aromatic rings. The SMILES string of the molecule is CCOc1cc(CNC2CCCCC2)ccc1OCc1ccc(Cl)nc1.Cl.Cl. The highest BCUT2D eigenvalue weighted by Gasteiger charge is 2.13. The Morgan fingerprint density at radius 2 is 1.75 bits per heavy atom. The molecule has 7 heteroatoms. The molecule has 0 radical (unpaired) electrons. The summed E-state index contributed by atoms with van der Waals surface area (Å²) >= 11 is 5.82. The second-order valence-electron chi connectivity index (χ2n) is 6.71. The van der Waals surface area contributed by atoms with Gasteiger partial charge in [-0.15, -0.1) is 24.8 Å². The van der Waals surface area contributed by atoms with E-state index in [-0.39, 0.29) is 24.8 Å². The van der Waals surface area contributed by atoms with Crippen molar-refractivity contribution in [2.75, 3.05) is 6.61 Å². The summed E-state index contributed by atoms with van der Waals surface area (Å²) in [5.74, 6) is 1.54. The molecule has 3 rings (SSSR count). The molecule has 0 spiro atoms. The fourth-order valence-corrected chi connectivity index (χ4v) is 3.38. The Hall–Kier alpha value is -1.20. The van der Waals surface area contributed by atoms with Crippen LogP contribution in [0, 0.1) is 0 Å². The first kappa shape index (κ1) is 24.8. The van der Waals surface area contributed by atoms with E-state index in [1.807, 2.05) is 19.1 Å². The summed E-state index contributed by atoms with van der Waals surface area (Å²) in [5, 5.41) is 4.16. The van der Waals surface area contributed by atoms with Gasteiger partial charge in [-0.05, 0) is 43.5 Å². The quantitative estimate of drug-likeness (QED) is 0.506. The van der Waals surface area contributed by atoms with Crippen molar-refractivity contribution in [3.05, 3.63) is 52.8 Å². The van der Waals surface area contributed by atoms with Crippen LogP contribution in [-0.2, 0) is 13.2 Å². The van der Waals surface area contributed by atoms with Gasteiger partial charge in [0, 0.05) is 24.3 Å². The molecule has 0 bridgehead atoms. The van der Waals surface area contributed by atoms with Gasteiger partial charge in [-0.25, -0.2) is 4.98 Å². The van der Waals surface area contributed by atoms with Crippen LogP contribution >= 0.6 is 36.4 Å². The van der Waals surface area contributed by atoms with Crippen LogP contribution in [0.2, 0.25) is 5.15 Å². The molecule has 1 aromatic carbocycles. The van der Waals surface area contributed by atoms with Crippen molar-refractivity contribution in [2.24, 2.45) is 0 Å². The molecular formula is C21H29Cl3N2O2. The summed E-state index contributed by atoms with van der Waals surface area (Å²) in [4.78, 5) is 4.08. The maximum atomic E-state index is 5.94. The van der Waals surface area contributed by atoms with Crippen LogP contribution < -0.4 is 14.8 Å². The van der Waals surface area contributed by atoms with E-state index in [9.17, 15) is 0 Å². The molecule has 1 aliphatic carbocycles. The van der Waals surface area contributed by atoms with Gasteiger partial charge in [0.1, 0.15) is 11.8 Å². The van der Waals surface area contributed by atoms with Crippen molar-refractivity contribution in [3.8, 4) is 11.5 Å². The molecule has 0 unspecified atom stereocenters. The van der Waals surface area contributed by atoms with E-state index in [0.29, 0.717) is 24.4 Å². The van der Waals surface area contributed by atoms with Crippen LogP contribution in [0.5, 0.6) is 11.5 Å². The molecule has 1 heterocycles. The van der Waals surface area contributed by atoms with E-state index in [0.717, 1.165) is 23.6 Å². The fourth-order valence-electron chi connectivity index (χ4n) is 3.27. The van der Waals surface area contributed by atoms with Gasteiger partial charge in [0.05, 0.1) is 6.61 Å². The number of halogens is 3. The van der Waals surface area contributed by atoms with Crippen molar-refractivity contribution >= 4 is 36.4 Å². The van der Waals surface area contributed by atoms with Crippen LogP contribution in [0.1, 0.15) is 50.2 Å². The summed E-state index contributed by atoms with van der Waals surface area (Å²) in [6.45, 7) is 3.90. The smallest absolute Gasteiger partial charge is 0.161 e. The number of benzene rings is 1. The van der Waals surface area contributed by atoms with Gasteiger partial charge < -0.3 is 14.8 Å². The first-order valence-corrected chi connectivity index (χ1v) is 9.84. The monoisotopic (exact) mass is 446 g/mol. The Labute approximate surface area is 185 Å². The molecule has 4 nitrogen and oxygen atoms in total. The molecule has 1 aliphatic rings. The zero-order valence-electron chi connectivity index (χ0n) is 16.2. The third-order valence-corrected chi connectivity index (χ3v) is 4.91. The lowest BCUT2D eigenvalue weighted by Gasteiger charge is -2.23. The Bertz CT molecular complexity index is 693. The standard InChI is InChI=1S/C21H27ClN2O2.2ClH/c1-2-25-20-12-16(13-23-18-6-4-3-5-7-18)8-10-19(20)26-15-17-9-11-21(22)24-14-17;;/h8-12,14,18,23H,2-7,13,15H2,1H3;2*1H. The molecule has 1 N–H and O–H groups in total. The summed E-state index contributed by atoms with van der Waals surface area (Å²) in [6.07, 6.45) is 8.36. The van der Waals surface area contributed by atoms with Gasteiger partial charge in [-0.2, -0.15) is 0 Å². The zero-order chi connectivity index (χ0) is 18.2. The van der Waals surface area contributed by atoms with E-state index in [1.165, 1.54) is 37.7 Å². The van der Waals surface area contributed by atoms with Gasteiger partial charge in [-0.3, -0.25) is 0 Å². The third-order valence-electron chi connectivity index (χ3n) is 4.69. The van der Waals surface area contributed by atoms with Crippen molar-refractivity contribution in [3.63, 3.8) is 0 Å². The number of rotatable bonds is 8. The van der Waals surface area contributed by atoms with Crippen molar-refractivity contribution < 1.29 is 9.47 Å². The van der Waals surface area contributed by atoms with Gasteiger partial charge in [0.2, 0.25) is 0 Å². The number of ether oxygens (including phenoxy) is 2. The molecule has 28 heavy (non-hydrogen) atoms. The van der Waals surface area contributed by atoms with Gasteiger partial charge >= 0.3 is 0 Å². The van der Waals surface area contributed by atoms with E-state index in [2.05, 4.69) is 22.4 Å². The Morgan fingerprint density at radius 1 is 1.00 bits per heavy atom. The molecule has 0 aliphatic heterocycles. The minimum absolute atomic E-state index is 0. The number of nitrogens with one attached hydrogen (secondary N) is 1. The lowest BCUT2D eigenvalue weighted by molar-refractivity contribution is 0.268. The fraction of sp³-hybridized carbons (Fsp3) is 0.476. The number of hydrogen-bond donors (Lipinski definition) is 1. The van der Waals surface area contributed by atoms with Gasteiger partial charge in [0.15, 0.2) is 11.5 Å². The normalized spacial score (nSPS) is 13.9. The predicted octanol–water partition coefficient (Wildman–Crippen LogP) is 5.98. The van der Waals surface area contributed by atoms with Crippen LogP contribution in [0.4, 0.5) is 0 Å². The molecule has 1 aromatic heterocycles. The lowest BCUT2D eigenvalue weighted by atomic mass is 9.95. The molecule has 0 amide bonds. The number of hydrogen-bond acceptors (Lipinski definition) is 4. The predicted molar refractivity (Wildman–Crippen MR) is 119 cm³/mol. The van der Waals surface area contributed by atoms with Crippen molar-refractivity contribution in [1.82, 2.24) is 10.3 Å². The highest BCUT2D eigenvalue weighted by atomic mass is 35.5. The first-order valence-electron chi connectivity index (χ1n) is 9.47. The molecular weight excluding hydrogens is 419 g/mol. The summed E-state index contributed by atoms with van der Waals surface area (Å²) in [6, 6.07) is 10.5. The summed E-state index contributed by atoms with van der Waals surface area (Å²) in [5.41, 5.74) is 2.19. The van der Waals surface area contributed by atoms with Crippen LogP contribution in [0.15, 0.2) is 36.5 Å². The molecule has 1 fully saturated rings.